The Hall–Kier alpha value is -4.14. The lowest BCUT2D eigenvalue weighted by atomic mass is 10.1. The van der Waals surface area contributed by atoms with E-state index in [1.54, 1.807) is 18.2 Å². The average molecular weight is 480 g/mol. The molecule has 3 amide bonds. The first-order valence-electron chi connectivity index (χ1n) is 11.3. The van der Waals surface area contributed by atoms with Crippen LogP contribution in [0.1, 0.15) is 24.5 Å². The molecule has 2 N–H and O–H groups in total. The molecule has 35 heavy (non-hydrogen) atoms. The van der Waals surface area contributed by atoms with Gasteiger partial charge in [-0.15, -0.1) is 0 Å². The SMILES string of the molecule is CC(=O)NC(=Cc1ccccc1C)C(=O)N1CCNC(=O)C1CC(=O)OCCOc1ccccc1. The molecule has 1 heterocycles. The van der Waals surface area contributed by atoms with Crippen molar-refractivity contribution in [3.63, 3.8) is 0 Å². The van der Waals surface area contributed by atoms with Crippen LogP contribution in [0.3, 0.4) is 0 Å². The number of carbonyl (C=O) groups is 4. The van der Waals surface area contributed by atoms with Gasteiger partial charge in [0.05, 0.1) is 6.42 Å². The zero-order chi connectivity index (χ0) is 25.2. The largest absolute Gasteiger partial charge is 0.490 e. The molecule has 0 aromatic heterocycles. The number of carbonyl (C=O) groups excluding carboxylic acids is 4. The van der Waals surface area contributed by atoms with Gasteiger partial charge < -0.3 is 25.0 Å². The Morgan fingerprint density at radius 3 is 2.51 bits per heavy atom. The predicted octanol–water partition coefficient (Wildman–Crippen LogP) is 1.81. The van der Waals surface area contributed by atoms with Crippen LogP contribution in [0, 0.1) is 6.92 Å². The van der Waals surface area contributed by atoms with Gasteiger partial charge in [0.2, 0.25) is 11.8 Å². The van der Waals surface area contributed by atoms with E-state index in [4.69, 9.17) is 9.47 Å². The Morgan fingerprint density at radius 2 is 1.80 bits per heavy atom. The van der Waals surface area contributed by atoms with Crippen LogP contribution in [0.5, 0.6) is 5.75 Å². The summed E-state index contributed by atoms with van der Waals surface area (Å²) in [6.07, 6.45) is 1.25. The summed E-state index contributed by atoms with van der Waals surface area (Å²) in [4.78, 5) is 51.5. The predicted molar refractivity (Wildman–Crippen MR) is 129 cm³/mol. The molecular formula is C26H29N3O6. The van der Waals surface area contributed by atoms with Crippen LogP contribution >= 0.6 is 0 Å². The first kappa shape index (κ1) is 25.5. The van der Waals surface area contributed by atoms with E-state index < -0.39 is 29.7 Å². The molecule has 1 unspecified atom stereocenters. The van der Waals surface area contributed by atoms with E-state index in [2.05, 4.69) is 10.6 Å². The number of benzene rings is 2. The van der Waals surface area contributed by atoms with Gasteiger partial charge in [-0.1, -0.05) is 42.5 Å². The first-order chi connectivity index (χ1) is 16.8. The van der Waals surface area contributed by atoms with Gasteiger partial charge in [0.25, 0.3) is 5.91 Å². The second kappa shape index (κ2) is 12.4. The van der Waals surface area contributed by atoms with Crippen LogP contribution in [0.25, 0.3) is 6.08 Å². The van der Waals surface area contributed by atoms with E-state index >= 15 is 0 Å². The number of hydrogen-bond donors (Lipinski definition) is 2. The van der Waals surface area contributed by atoms with Gasteiger partial charge in [0.15, 0.2) is 0 Å². The molecule has 184 valence electrons. The minimum Gasteiger partial charge on any atom is -0.490 e. The van der Waals surface area contributed by atoms with Gasteiger partial charge in [-0.2, -0.15) is 0 Å². The summed E-state index contributed by atoms with van der Waals surface area (Å²) in [7, 11) is 0. The molecule has 0 aliphatic carbocycles. The summed E-state index contributed by atoms with van der Waals surface area (Å²) >= 11 is 0. The molecule has 0 saturated carbocycles. The van der Waals surface area contributed by atoms with Gasteiger partial charge in [-0.05, 0) is 36.3 Å². The van der Waals surface area contributed by atoms with Crippen molar-refractivity contribution >= 4 is 29.8 Å². The third kappa shape index (κ3) is 7.43. The zero-order valence-corrected chi connectivity index (χ0v) is 19.8. The van der Waals surface area contributed by atoms with Crippen LogP contribution in [0.15, 0.2) is 60.3 Å². The van der Waals surface area contributed by atoms with Crippen LogP contribution in [-0.4, -0.2) is 60.9 Å². The second-order valence-electron chi connectivity index (χ2n) is 7.99. The van der Waals surface area contributed by atoms with E-state index in [1.807, 2.05) is 49.4 Å². The van der Waals surface area contributed by atoms with Gasteiger partial charge in [-0.3, -0.25) is 19.2 Å². The monoisotopic (exact) mass is 479 g/mol. The van der Waals surface area contributed by atoms with Crippen molar-refractivity contribution in [1.29, 1.82) is 0 Å². The van der Waals surface area contributed by atoms with E-state index in [9.17, 15) is 19.2 Å². The molecule has 1 fully saturated rings. The van der Waals surface area contributed by atoms with Crippen molar-refractivity contribution in [2.45, 2.75) is 26.3 Å². The molecule has 1 atom stereocenters. The molecule has 0 radical (unpaired) electrons. The number of amides is 3. The maximum Gasteiger partial charge on any atom is 0.308 e. The lowest BCUT2D eigenvalue weighted by Gasteiger charge is -2.35. The fraction of sp³-hybridized carbons (Fsp3) is 0.308. The molecule has 1 saturated heterocycles. The quantitative estimate of drug-likeness (QED) is 0.322. The van der Waals surface area contributed by atoms with Gasteiger partial charge in [-0.25, -0.2) is 0 Å². The number of para-hydroxylation sites is 1. The summed E-state index contributed by atoms with van der Waals surface area (Å²) in [6, 6.07) is 15.4. The number of aryl methyl sites for hydroxylation is 1. The Morgan fingerprint density at radius 1 is 1.09 bits per heavy atom. The number of ether oxygens (including phenoxy) is 2. The van der Waals surface area contributed by atoms with Gasteiger partial charge >= 0.3 is 5.97 Å². The topological polar surface area (TPSA) is 114 Å². The average Bonchev–Trinajstić information content (AvgIpc) is 2.84. The van der Waals surface area contributed by atoms with Crippen molar-refractivity contribution in [1.82, 2.24) is 15.5 Å². The van der Waals surface area contributed by atoms with Crippen molar-refractivity contribution in [2.24, 2.45) is 0 Å². The number of esters is 1. The standard InChI is InChI=1S/C26H29N3O6/c1-18-8-6-7-9-20(18)16-22(28-19(2)30)26(33)29-13-12-27-25(32)23(29)17-24(31)35-15-14-34-21-10-4-3-5-11-21/h3-11,16,23H,12-15,17H2,1-2H3,(H,27,32)(H,28,30). The Balaban J connectivity index is 1.67. The lowest BCUT2D eigenvalue weighted by Crippen LogP contribution is -2.58. The van der Waals surface area contributed by atoms with Crippen molar-refractivity contribution in [2.75, 3.05) is 26.3 Å². The Kier molecular flexibility index (Phi) is 9.00. The highest BCUT2D eigenvalue weighted by Gasteiger charge is 2.36. The van der Waals surface area contributed by atoms with Crippen LogP contribution < -0.4 is 15.4 Å². The van der Waals surface area contributed by atoms with E-state index in [0.717, 1.165) is 11.1 Å². The van der Waals surface area contributed by atoms with E-state index in [1.165, 1.54) is 11.8 Å². The fourth-order valence-corrected chi connectivity index (χ4v) is 3.61. The maximum atomic E-state index is 13.4. The summed E-state index contributed by atoms with van der Waals surface area (Å²) in [5.41, 5.74) is 1.69. The lowest BCUT2D eigenvalue weighted by molar-refractivity contribution is -0.151. The molecule has 3 rings (SSSR count). The Bertz CT molecular complexity index is 1100. The summed E-state index contributed by atoms with van der Waals surface area (Å²) < 4.78 is 10.7. The molecule has 2 aromatic carbocycles. The number of hydrogen-bond acceptors (Lipinski definition) is 6. The van der Waals surface area contributed by atoms with Crippen LogP contribution in [0.2, 0.25) is 0 Å². The first-order valence-corrected chi connectivity index (χ1v) is 11.3. The molecule has 0 bridgehead atoms. The smallest absolute Gasteiger partial charge is 0.308 e. The molecule has 1 aliphatic rings. The maximum absolute atomic E-state index is 13.4. The number of rotatable bonds is 9. The minimum absolute atomic E-state index is 0.000339. The van der Waals surface area contributed by atoms with Crippen LogP contribution in [0.4, 0.5) is 0 Å². The van der Waals surface area contributed by atoms with E-state index in [0.29, 0.717) is 5.75 Å². The normalized spacial score (nSPS) is 15.7. The summed E-state index contributed by atoms with van der Waals surface area (Å²) in [5.74, 6) is -1.42. The summed E-state index contributed by atoms with van der Waals surface area (Å²) in [6.45, 7) is 3.76. The molecule has 1 aliphatic heterocycles. The number of nitrogens with zero attached hydrogens (tertiary/aromatic N) is 1. The van der Waals surface area contributed by atoms with Crippen molar-refractivity contribution in [3.05, 3.63) is 71.4 Å². The number of piperazine rings is 1. The highest BCUT2D eigenvalue weighted by Crippen LogP contribution is 2.17. The molecule has 2 aromatic rings. The fourth-order valence-electron chi connectivity index (χ4n) is 3.61. The van der Waals surface area contributed by atoms with Crippen molar-refractivity contribution in [3.8, 4) is 5.75 Å². The summed E-state index contributed by atoms with van der Waals surface area (Å²) in [5, 5.41) is 5.24. The molecule has 0 spiro atoms. The molecule has 9 nitrogen and oxygen atoms in total. The minimum atomic E-state index is -1.06. The van der Waals surface area contributed by atoms with Crippen LogP contribution in [-0.2, 0) is 23.9 Å². The van der Waals surface area contributed by atoms with Gasteiger partial charge in [0, 0.05) is 20.0 Å². The second-order valence-corrected chi connectivity index (χ2v) is 7.99. The van der Waals surface area contributed by atoms with E-state index in [-0.39, 0.29) is 38.4 Å². The van der Waals surface area contributed by atoms with Gasteiger partial charge in [0.1, 0.15) is 30.7 Å². The zero-order valence-electron chi connectivity index (χ0n) is 19.8. The molecule has 9 heteroatoms. The third-order valence-electron chi connectivity index (χ3n) is 5.34. The number of nitrogens with one attached hydrogen (secondary N) is 2. The Labute approximate surface area is 204 Å². The highest BCUT2D eigenvalue weighted by molar-refractivity contribution is 6.03. The third-order valence-corrected chi connectivity index (χ3v) is 5.34. The van der Waals surface area contributed by atoms with Crippen molar-refractivity contribution < 1.29 is 28.7 Å². The molecular weight excluding hydrogens is 450 g/mol. The highest BCUT2D eigenvalue weighted by atomic mass is 16.6.